The zero-order chi connectivity index (χ0) is 24.8. The van der Waals surface area contributed by atoms with E-state index in [1.165, 1.54) is 16.8 Å². The van der Waals surface area contributed by atoms with E-state index in [1.807, 2.05) is 48.5 Å². The fraction of sp³-hybridized carbons (Fsp3) is 0.345. The summed E-state index contributed by atoms with van der Waals surface area (Å²) in [6, 6.07) is 21.6. The first-order valence-electron chi connectivity index (χ1n) is 12.2. The van der Waals surface area contributed by atoms with Crippen LogP contribution in [0.2, 0.25) is 10.0 Å². The van der Waals surface area contributed by atoms with Crippen LogP contribution >= 0.6 is 23.2 Å². The predicted octanol–water partition coefficient (Wildman–Crippen LogP) is 6.07. The number of piperazine rings is 1. The summed E-state index contributed by atoms with van der Waals surface area (Å²) in [7, 11) is 0. The number of amides is 1. The minimum atomic E-state index is -0.398. The summed E-state index contributed by atoms with van der Waals surface area (Å²) >= 11 is 12.1. The number of benzene rings is 3. The predicted molar refractivity (Wildman–Crippen MR) is 147 cm³/mol. The zero-order valence-corrected chi connectivity index (χ0v) is 21.9. The molecule has 0 radical (unpaired) electrons. The number of carbonyl (C=O) groups excluding carboxylic acids is 1. The molecule has 0 bridgehead atoms. The van der Waals surface area contributed by atoms with Crippen molar-refractivity contribution in [3.63, 3.8) is 0 Å². The Labute approximate surface area is 218 Å². The van der Waals surface area contributed by atoms with Gasteiger partial charge in [0.05, 0.1) is 5.92 Å². The Morgan fingerprint density at radius 2 is 1.43 bits per heavy atom. The highest BCUT2D eigenvalue weighted by Crippen LogP contribution is 2.27. The maximum atomic E-state index is 13.2. The first kappa shape index (κ1) is 25.6. The second-order valence-electron chi connectivity index (χ2n) is 9.30. The third-order valence-electron chi connectivity index (χ3n) is 6.70. The monoisotopic (exact) mass is 509 g/mol. The summed E-state index contributed by atoms with van der Waals surface area (Å²) in [5.74, 6) is -0.403. The quantitative estimate of drug-likeness (QED) is 0.374. The number of aryl methyl sites for hydroxylation is 2. The molecule has 1 N–H and O–H groups in total. The van der Waals surface area contributed by atoms with Crippen LogP contribution in [0.4, 0.5) is 5.69 Å². The van der Waals surface area contributed by atoms with E-state index in [0.29, 0.717) is 16.6 Å². The molecule has 3 aromatic rings. The molecule has 0 aliphatic carbocycles. The average molecular weight is 511 g/mol. The molecule has 1 aliphatic heterocycles. The highest BCUT2D eigenvalue weighted by atomic mass is 35.5. The molecule has 0 aromatic heterocycles. The van der Waals surface area contributed by atoms with Crippen LogP contribution in [0.25, 0.3) is 0 Å². The largest absolute Gasteiger partial charge is 0.369 e. The summed E-state index contributed by atoms with van der Waals surface area (Å²) in [6.45, 7) is 10.1. The lowest BCUT2D eigenvalue weighted by Crippen LogP contribution is -2.47. The molecular weight excluding hydrogens is 477 g/mol. The van der Waals surface area contributed by atoms with E-state index in [2.05, 4.69) is 47.2 Å². The van der Waals surface area contributed by atoms with Crippen LogP contribution in [0, 0.1) is 13.8 Å². The molecule has 0 saturated carbocycles. The van der Waals surface area contributed by atoms with Crippen molar-refractivity contribution in [1.29, 1.82) is 0 Å². The maximum Gasteiger partial charge on any atom is 0.232 e. The van der Waals surface area contributed by atoms with Gasteiger partial charge in [-0.05, 0) is 79.4 Å². The molecule has 4 nitrogen and oxygen atoms in total. The molecule has 1 fully saturated rings. The van der Waals surface area contributed by atoms with Crippen LogP contribution in [0.15, 0.2) is 66.7 Å². The molecule has 184 valence electrons. The van der Waals surface area contributed by atoms with Gasteiger partial charge in [-0.15, -0.1) is 0 Å². The van der Waals surface area contributed by atoms with Crippen LogP contribution in [0.1, 0.15) is 34.6 Å². The Balaban J connectivity index is 1.28. The molecule has 1 heterocycles. The highest BCUT2D eigenvalue weighted by Gasteiger charge is 2.23. The third kappa shape index (κ3) is 6.78. The molecule has 1 amide bonds. The number of hydrogen-bond donors (Lipinski definition) is 1. The van der Waals surface area contributed by atoms with Crippen molar-refractivity contribution in [1.82, 2.24) is 10.2 Å². The van der Waals surface area contributed by atoms with Gasteiger partial charge in [-0.1, -0.05) is 59.6 Å². The highest BCUT2D eigenvalue weighted by molar-refractivity contribution is 6.30. The molecular formula is C29H33Cl2N3O. The van der Waals surface area contributed by atoms with Gasteiger partial charge in [-0.3, -0.25) is 9.69 Å². The van der Waals surface area contributed by atoms with Crippen LogP contribution < -0.4 is 10.2 Å². The SMILES string of the molecule is Cc1ccc(C)c(N2CCN(CCCNC(=O)C(c3ccc(Cl)cc3)c3ccc(Cl)cc3)CC2)c1. The fourth-order valence-corrected chi connectivity index (χ4v) is 4.95. The lowest BCUT2D eigenvalue weighted by Gasteiger charge is -2.37. The molecule has 4 rings (SSSR count). The van der Waals surface area contributed by atoms with E-state index >= 15 is 0 Å². The standard InChI is InChI=1S/C29H33Cl2N3O/c1-21-4-5-22(2)27(20-21)34-18-16-33(17-19-34)15-3-14-32-29(35)28(23-6-10-25(30)11-7-23)24-8-12-26(31)13-9-24/h4-13,20,28H,3,14-19H2,1-2H3,(H,32,35). The lowest BCUT2D eigenvalue weighted by molar-refractivity contribution is -0.121. The van der Waals surface area contributed by atoms with Crippen molar-refractivity contribution in [2.24, 2.45) is 0 Å². The van der Waals surface area contributed by atoms with E-state index in [4.69, 9.17) is 23.2 Å². The summed E-state index contributed by atoms with van der Waals surface area (Å²) in [4.78, 5) is 18.2. The zero-order valence-electron chi connectivity index (χ0n) is 20.4. The third-order valence-corrected chi connectivity index (χ3v) is 7.20. The number of nitrogens with zero attached hydrogens (tertiary/aromatic N) is 2. The smallest absolute Gasteiger partial charge is 0.232 e. The van der Waals surface area contributed by atoms with Crippen LogP contribution in [-0.2, 0) is 4.79 Å². The van der Waals surface area contributed by atoms with Crippen molar-refractivity contribution in [3.05, 3.63) is 99.0 Å². The molecule has 0 spiro atoms. The Morgan fingerprint density at radius 1 is 0.857 bits per heavy atom. The average Bonchev–Trinajstić information content (AvgIpc) is 2.86. The van der Waals surface area contributed by atoms with Gasteiger partial charge in [-0.2, -0.15) is 0 Å². The number of carbonyl (C=O) groups is 1. The minimum absolute atomic E-state index is 0.00520. The van der Waals surface area contributed by atoms with Crippen molar-refractivity contribution < 1.29 is 4.79 Å². The summed E-state index contributed by atoms with van der Waals surface area (Å²) in [5.41, 5.74) is 5.82. The maximum absolute atomic E-state index is 13.2. The van der Waals surface area contributed by atoms with E-state index in [-0.39, 0.29) is 5.91 Å². The first-order chi connectivity index (χ1) is 16.9. The number of rotatable bonds is 8. The van der Waals surface area contributed by atoms with Gasteiger partial charge in [-0.25, -0.2) is 0 Å². The van der Waals surface area contributed by atoms with Crippen molar-refractivity contribution >= 4 is 34.8 Å². The van der Waals surface area contributed by atoms with Crippen molar-refractivity contribution in [3.8, 4) is 0 Å². The Bertz CT molecular complexity index is 1080. The summed E-state index contributed by atoms with van der Waals surface area (Å²) in [6.07, 6.45) is 0.920. The Hall–Kier alpha value is -2.53. The van der Waals surface area contributed by atoms with Crippen LogP contribution in [-0.4, -0.2) is 50.1 Å². The first-order valence-corrected chi connectivity index (χ1v) is 13.0. The van der Waals surface area contributed by atoms with Crippen molar-refractivity contribution in [2.75, 3.05) is 44.2 Å². The topological polar surface area (TPSA) is 35.6 Å². The second kappa shape index (κ2) is 11.9. The van der Waals surface area contributed by atoms with E-state index in [9.17, 15) is 4.79 Å². The van der Waals surface area contributed by atoms with Gasteiger partial charge in [0.25, 0.3) is 0 Å². The summed E-state index contributed by atoms with van der Waals surface area (Å²) < 4.78 is 0. The van der Waals surface area contributed by atoms with Crippen LogP contribution in [0.3, 0.4) is 0 Å². The Morgan fingerprint density at radius 3 is 2.00 bits per heavy atom. The molecule has 0 unspecified atom stereocenters. The Kier molecular flexibility index (Phi) is 8.72. The van der Waals surface area contributed by atoms with Gasteiger partial charge < -0.3 is 10.2 Å². The van der Waals surface area contributed by atoms with E-state index < -0.39 is 5.92 Å². The number of anilines is 1. The van der Waals surface area contributed by atoms with Gasteiger partial charge in [0.2, 0.25) is 5.91 Å². The normalized spacial score (nSPS) is 14.4. The van der Waals surface area contributed by atoms with E-state index in [0.717, 1.165) is 50.3 Å². The van der Waals surface area contributed by atoms with Gasteiger partial charge in [0, 0.05) is 48.5 Å². The second-order valence-corrected chi connectivity index (χ2v) is 10.2. The van der Waals surface area contributed by atoms with Gasteiger partial charge in [0.15, 0.2) is 0 Å². The van der Waals surface area contributed by atoms with Gasteiger partial charge in [0.1, 0.15) is 0 Å². The molecule has 1 saturated heterocycles. The van der Waals surface area contributed by atoms with Gasteiger partial charge >= 0.3 is 0 Å². The van der Waals surface area contributed by atoms with Crippen LogP contribution in [0.5, 0.6) is 0 Å². The number of halogens is 2. The molecule has 35 heavy (non-hydrogen) atoms. The number of hydrogen-bond acceptors (Lipinski definition) is 3. The summed E-state index contributed by atoms with van der Waals surface area (Å²) in [5, 5.41) is 4.46. The number of nitrogens with one attached hydrogen (secondary N) is 1. The fourth-order valence-electron chi connectivity index (χ4n) is 4.69. The molecule has 1 aliphatic rings. The van der Waals surface area contributed by atoms with Crippen molar-refractivity contribution in [2.45, 2.75) is 26.2 Å². The minimum Gasteiger partial charge on any atom is -0.369 e. The molecule has 3 aromatic carbocycles. The lowest BCUT2D eigenvalue weighted by atomic mass is 9.90. The van der Waals surface area contributed by atoms with E-state index in [1.54, 1.807) is 0 Å². The molecule has 6 heteroatoms. The molecule has 0 atom stereocenters.